The first kappa shape index (κ1) is 12.2. The Balaban J connectivity index is 2.28. The maximum Gasteiger partial charge on any atom is 0.222 e. The number of ether oxygens (including phenoxy) is 2. The van der Waals surface area contributed by atoms with Gasteiger partial charge in [0.15, 0.2) is 5.75 Å². The van der Waals surface area contributed by atoms with Gasteiger partial charge in [0, 0.05) is 17.8 Å². The first-order valence-corrected chi connectivity index (χ1v) is 5.52. The Labute approximate surface area is 106 Å². The van der Waals surface area contributed by atoms with Crippen LogP contribution in [0.5, 0.6) is 17.4 Å². The Kier molecular flexibility index (Phi) is 3.32. The van der Waals surface area contributed by atoms with Crippen molar-refractivity contribution < 1.29 is 9.47 Å². The molecule has 0 unspecified atom stereocenters. The van der Waals surface area contributed by atoms with E-state index in [-0.39, 0.29) is 0 Å². The SMILES string of the molecule is COc1ccc(Oc2cc(C)nc(C)n2)c(N)c1. The standard InChI is InChI=1S/C13H15N3O2/c1-8-6-13(16-9(2)15-8)18-12-5-4-10(17-3)7-11(12)14/h4-7H,14H2,1-3H3. The van der Waals surface area contributed by atoms with Gasteiger partial charge in [-0.05, 0) is 26.0 Å². The summed E-state index contributed by atoms with van der Waals surface area (Å²) in [4.78, 5) is 8.38. The Bertz CT molecular complexity index is 550. The Hall–Kier alpha value is -2.30. The lowest BCUT2D eigenvalue weighted by Crippen LogP contribution is -1.97. The molecule has 1 aromatic heterocycles. The molecule has 94 valence electrons. The molecule has 0 saturated heterocycles. The summed E-state index contributed by atoms with van der Waals surface area (Å²) < 4.78 is 10.7. The predicted molar refractivity (Wildman–Crippen MR) is 69.0 cm³/mol. The number of rotatable bonds is 3. The molecular formula is C13H15N3O2. The average Bonchev–Trinajstić information content (AvgIpc) is 2.30. The second kappa shape index (κ2) is 4.91. The molecule has 1 heterocycles. The summed E-state index contributed by atoms with van der Waals surface area (Å²) >= 11 is 0. The van der Waals surface area contributed by atoms with E-state index < -0.39 is 0 Å². The van der Waals surface area contributed by atoms with E-state index in [4.69, 9.17) is 15.2 Å². The van der Waals surface area contributed by atoms with Gasteiger partial charge < -0.3 is 15.2 Å². The van der Waals surface area contributed by atoms with Crippen molar-refractivity contribution in [3.8, 4) is 17.4 Å². The lowest BCUT2D eigenvalue weighted by atomic mass is 10.3. The number of nitrogens with zero attached hydrogens (tertiary/aromatic N) is 2. The molecule has 1 aromatic carbocycles. The van der Waals surface area contributed by atoms with Crippen LogP contribution >= 0.6 is 0 Å². The van der Waals surface area contributed by atoms with Crippen LogP contribution in [0.25, 0.3) is 0 Å². The molecule has 0 saturated carbocycles. The quantitative estimate of drug-likeness (QED) is 0.841. The van der Waals surface area contributed by atoms with Gasteiger partial charge in [0.05, 0.1) is 12.8 Å². The summed E-state index contributed by atoms with van der Waals surface area (Å²) in [6.45, 7) is 3.70. The molecule has 0 aliphatic heterocycles. The molecule has 2 rings (SSSR count). The van der Waals surface area contributed by atoms with Crippen molar-refractivity contribution in [2.75, 3.05) is 12.8 Å². The molecule has 18 heavy (non-hydrogen) atoms. The van der Waals surface area contributed by atoms with Crippen molar-refractivity contribution in [2.45, 2.75) is 13.8 Å². The molecular weight excluding hydrogens is 230 g/mol. The number of hydrogen-bond acceptors (Lipinski definition) is 5. The van der Waals surface area contributed by atoms with Gasteiger partial charge in [-0.1, -0.05) is 0 Å². The topological polar surface area (TPSA) is 70.3 Å². The maximum absolute atomic E-state index is 5.87. The zero-order valence-electron chi connectivity index (χ0n) is 10.6. The Morgan fingerprint density at radius 3 is 2.50 bits per heavy atom. The molecule has 0 bridgehead atoms. The molecule has 0 amide bonds. The van der Waals surface area contributed by atoms with Crippen LogP contribution in [-0.2, 0) is 0 Å². The van der Waals surface area contributed by atoms with E-state index in [2.05, 4.69) is 9.97 Å². The van der Waals surface area contributed by atoms with Crippen LogP contribution in [0.4, 0.5) is 5.69 Å². The summed E-state index contributed by atoms with van der Waals surface area (Å²) in [5.41, 5.74) is 7.23. The largest absolute Gasteiger partial charge is 0.497 e. The fraction of sp³-hybridized carbons (Fsp3) is 0.231. The fourth-order valence-electron chi connectivity index (χ4n) is 1.59. The minimum absolute atomic E-state index is 0.483. The van der Waals surface area contributed by atoms with E-state index in [1.165, 1.54) is 0 Å². The number of benzene rings is 1. The minimum Gasteiger partial charge on any atom is -0.497 e. The van der Waals surface area contributed by atoms with E-state index in [1.54, 1.807) is 31.4 Å². The van der Waals surface area contributed by atoms with E-state index >= 15 is 0 Å². The number of anilines is 1. The van der Waals surface area contributed by atoms with Gasteiger partial charge in [-0.3, -0.25) is 0 Å². The molecule has 0 radical (unpaired) electrons. The van der Waals surface area contributed by atoms with Crippen molar-refractivity contribution in [2.24, 2.45) is 0 Å². The third-order valence-electron chi connectivity index (χ3n) is 2.37. The van der Waals surface area contributed by atoms with Gasteiger partial charge in [-0.15, -0.1) is 0 Å². The normalized spacial score (nSPS) is 10.2. The summed E-state index contributed by atoms with van der Waals surface area (Å²) in [6.07, 6.45) is 0. The summed E-state index contributed by atoms with van der Waals surface area (Å²) in [5, 5.41) is 0. The van der Waals surface area contributed by atoms with Crippen molar-refractivity contribution in [1.82, 2.24) is 9.97 Å². The second-order valence-corrected chi connectivity index (χ2v) is 3.90. The third kappa shape index (κ3) is 2.68. The molecule has 5 heteroatoms. The summed E-state index contributed by atoms with van der Waals surface area (Å²) in [5.74, 6) is 2.39. The minimum atomic E-state index is 0.483. The Morgan fingerprint density at radius 1 is 1.11 bits per heavy atom. The summed E-state index contributed by atoms with van der Waals surface area (Å²) in [7, 11) is 1.59. The van der Waals surface area contributed by atoms with Crippen LogP contribution < -0.4 is 15.2 Å². The molecule has 0 atom stereocenters. The van der Waals surface area contributed by atoms with Crippen molar-refractivity contribution >= 4 is 5.69 Å². The van der Waals surface area contributed by atoms with Gasteiger partial charge in [0.1, 0.15) is 11.6 Å². The molecule has 2 aromatic rings. The van der Waals surface area contributed by atoms with Crippen molar-refractivity contribution in [1.29, 1.82) is 0 Å². The third-order valence-corrected chi connectivity index (χ3v) is 2.37. The lowest BCUT2D eigenvalue weighted by Gasteiger charge is -2.09. The predicted octanol–water partition coefficient (Wildman–Crippen LogP) is 2.48. The zero-order valence-corrected chi connectivity index (χ0v) is 10.6. The highest BCUT2D eigenvalue weighted by molar-refractivity contribution is 5.57. The maximum atomic E-state index is 5.87. The highest BCUT2D eigenvalue weighted by Gasteiger charge is 2.06. The van der Waals surface area contributed by atoms with Crippen molar-refractivity contribution in [3.63, 3.8) is 0 Å². The number of nitrogen functional groups attached to an aromatic ring is 1. The number of aryl methyl sites for hydroxylation is 2. The number of nitrogens with two attached hydrogens (primary N) is 1. The highest BCUT2D eigenvalue weighted by Crippen LogP contribution is 2.29. The first-order chi connectivity index (χ1) is 8.58. The van der Waals surface area contributed by atoms with Gasteiger partial charge in [0.25, 0.3) is 0 Å². The van der Waals surface area contributed by atoms with Gasteiger partial charge >= 0.3 is 0 Å². The first-order valence-electron chi connectivity index (χ1n) is 5.52. The summed E-state index contributed by atoms with van der Waals surface area (Å²) in [6, 6.07) is 7.00. The number of hydrogen-bond donors (Lipinski definition) is 1. The Morgan fingerprint density at radius 2 is 1.89 bits per heavy atom. The number of aromatic nitrogens is 2. The molecule has 0 aliphatic carbocycles. The zero-order chi connectivity index (χ0) is 13.1. The van der Waals surface area contributed by atoms with Crippen LogP contribution in [-0.4, -0.2) is 17.1 Å². The van der Waals surface area contributed by atoms with E-state index in [0.717, 1.165) is 5.69 Å². The second-order valence-electron chi connectivity index (χ2n) is 3.90. The van der Waals surface area contributed by atoms with Crippen LogP contribution in [0.2, 0.25) is 0 Å². The van der Waals surface area contributed by atoms with Crippen LogP contribution in [0.15, 0.2) is 24.3 Å². The molecule has 0 spiro atoms. The molecule has 0 aliphatic rings. The van der Waals surface area contributed by atoms with Gasteiger partial charge in [0.2, 0.25) is 5.88 Å². The van der Waals surface area contributed by atoms with Crippen LogP contribution in [0.3, 0.4) is 0 Å². The van der Waals surface area contributed by atoms with E-state index in [0.29, 0.717) is 28.9 Å². The monoisotopic (exact) mass is 245 g/mol. The lowest BCUT2D eigenvalue weighted by molar-refractivity contribution is 0.412. The highest BCUT2D eigenvalue weighted by atomic mass is 16.5. The van der Waals surface area contributed by atoms with Gasteiger partial charge in [-0.2, -0.15) is 4.98 Å². The molecule has 0 fully saturated rings. The number of methoxy groups -OCH3 is 1. The van der Waals surface area contributed by atoms with Crippen LogP contribution in [0, 0.1) is 13.8 Å². The molecule has 2 N–H and O–H groups in total. The van der Waals surface area contributed by atoms with E-state index in [1.807, 2.05) is 13.8 Å². The smallest absolute Gasteiger partial charge is 0.222 e. The molecule has 5 nitrogen and oxygen atoms in total. The van der Waals surface area contributed by atoms with Crippen LogP contribution in [0.1, 0.15) is 11.5 Å². The van der Waals surface area contributed by atoms with Gasteiger partial charge in [-0.25, -0.2) is 4.98 Å². The average molecular weight is 245 g/mol. The fourth-order valence-corrected chi connectivity index (χ4v) is 1.59. The van der Waals surface area contributed by atoms with Crippen molar-refractivity contribution in [3.05, 3.63) is 35.8 Å². The van der Waals surface area contributed by atoms with E-state index in [9.17, 15) is 0 Å².